The lowest BCUT2D eigenvalue weighted by Crippen LogP contribution is -2.36. The third-order valence-corrected chi connectivity index (χ3v) is 5.26. The molecule has 0 bridgehead atoms. The van der Waals surface area contributed by atoms with Gasteiger partial charge in [-0.15, -0.1) is 0 Å². The maximum atomic E-state index is 5.32. The Kier molecular flexibility index (Phi) is 7.58. The Hall–Kier alpha value is -3.67. The van der Waals surface area contributed by atoms with Crippen LogP contribution in [0.1, 0.15) is 5.56 Å². The van der Waals surface area contributed by atoms with Gasteiger partial charge in [-0.25, -0.2) is 9.97 Å². The summed E-state index contributed by atoms with van der Waals surface area (Å²) in [6.45, 7) is 1.01. The minimum absolute atomic E-state index is 0.397. The molecular formula is C23H25N7O3S. The van der Waals surface area contributed by atoms with Gasteiger partial charge >= 0.3 is 0 Å². The number of hydrogen-bond acceptors (Lipinski definition) is 8. The molecule has 0 spiro atoms. The van der Waals surface area contributed by atoms with Gasteiger partial charge in [-0.1, -0.05) is 12.1 Å². The number of methoxy groups -OCH3 is 3. The van der Waals surface area contributed by atoms with Gasteiger partial charge < -0.3 is 24.8 Å². The molecule has 34 heavy (non-hydrogen) atoms. The first-order valence-corrected chi connectivity index (χ1v) is 10.9. The highest BCUT2D eigenvalue weighted by Gasteiger charge is 2.10. The fourth-order valence-electron chi connectivity index (χ4n) is 3.25. The van der Waals surface area contributed by atoms with Crippen LogP contribution in [0.15, 0.2) is 55.0 Å². The summed E-state index contributed by atoms with van der Waals surface area (Å²) in [4.78, 5) is 13.7. The topological polar surface area (TPSA) is 108 Å². The van der Waals surface area contributed by atoms with Crippen molar-refractivity contribution in [3.8, 4) is 17.0 Å². The van der Waals surface area contributed by atoms with Crippen molar-refractivity contribution in [2.75, 3.05) is 33.2 Å². The number of anilines is 1. The van der Waals surface area contributed by atoms with E-state index < -0.39 is 6.29 Å². The third kappa shape index (κ3) is 5.81. The molecule has 0 atom stereocenters. The first-order chi connectivity index (χ1) is 16.6. The Balaban J connectivity index is 1.47. The number of nitrogens with one attached hydrogen (secondary N) is 2. The summed E-state index contributed by atoms with van der Waals surface area (Å²) in [5.74, 6) is 1.37. The number of rotatable bonds is 9. The molecule has 0 amide bonds. The molecule has 3 aromatic heterocycles. The zero-order valence-electron chi connectivity index (χ0n) is 19.1. The van der Waals surface area contributed by atoms with E-state index in [-0.39, 0.29) is 0 Å². The van der Waals surface area contributed by atoms with Gasteiger partial charge in [-0.3, -0.25) is 9.67 Å². The molecule has 2 N–H and O–H groups in total. The van der Waals surface area contributed by atoms with Crippen LogP contribution in [0.2, 0.25) is 0 Å². The normalized spacial score (nSPS) is 11.1. The minimum atomic E-state index is -0.400. The summed E-state index contributed by atoms with van der Waals surface area (Å²) < 4.78 is 17.4. The first-order valence-electron chi connectivity index (χ1n) is 10.5. The van der Waals surface area contributed by atoms with Gasteiger partial charge in [0.1, 0.15) is 17.1 Å². The molecular weight excluding hydrogens is 454 g/mol. The lowest BCUT2D eigenvalue weighted by molar-refractivity contribution is -0.0964. The Labute approximate surface area is 202 Å². The van der Waals surface area contributed by atoms with E-state index in [1.54, 1.807) is 39.8 Å². The van der Waals surface area contributed by atoms with Crippen molar-refractivity contribution in [1.82, 2.24) is 30.0 Å². The first kappa shape index (κ1) is 23.5. The molecule has 0 saturated heterocycles. The van der Waals surface area contributed by atoms with Crippen LogP contribution in [-0.4, -0.2) is 64.0 Å². The van der Waals surface area contributed by atoms with Gasteiger partial charge in [0.15, 0.2) is 17.0 Å². The third-order valence-electron chi connectivity index (χ3n) is 5.01. The standard InChI is InChI=1S/C23H25N7O3S/c1-31-17-6-4-5-15(9-17)13-30-14-16(10-26-30)19-11-24-18-7-8-20(28-22(18)27-19)29-23(34)25-12-21(32-2)33-3/h4-11,14,21H,12-13H2,1-3H3,(H2,25,27,28,29,34). The fraction of sp³-hybridized carbons (Fsp3) is 0.261. The van der Waals surface area contributed by atoms with E-state index in [0.717, 1.165) is 16.9 Å². The van der Waals surface area contributed by atoms with Gasteiger partial charge in [-0.05, 0) is 42.0 Å². The van der Waals surface area contributed by atoms with E-state index >= 15 is 0 Å². The maximum absolute atomic E-state index is 5.32. The Bertz CT molecular complexity index is 1280. The molecule has 11 heteroatoms. The molecule has 4 rings (SSSR count). The summed E-state index contributed by atoms with van der Waals surface area (Å²) in [7, 11) is 4.78. The van der Waals surface area contributed by atoms with Crippen LogP contribution in [0.5, 0.6) is 5.75 Å². The van der Waals surface area contributed by atoms with E-state index in [2.05, 4.69) is 30.7 Å². The van der Waals surface area contributed by atoms with Crippen molar-refractivity contribution in [2.45, 2.75) is 12.8 Å². The number of fused-ring (bicyclic) bond motifs is 1. The summed E-state index contributed by atoms with van der Waals surface area (Å²) in [5.41, 5.74) is 3.79. The van der Waals surface area contributed by atoms with Crippen molar-refractivity contribution in [3.63, 3.8) is 0 Å². The Morgan fingerprint density at radius 1 is 1.09 bits per heavy atom. The van der Waals surface area contributed by atoms with Crippen LogP contribution in [0.25, 0.3) is 22.4 Å². The van der Waals surface area contributed by atoms with Gasteiger partial charge in [0, 0.05) is 26.0 Å². The van der Waals surface area contributed by atoms with Crippen LogP contribution < -0.4 is 15.4 Å². The van der Waals surface area contributed by atoms with Gasteiger partial charge in [0.05, 0.1) is 38.3 Å². The minimum Gasteiger partial charge on any atom is -0.497 e. The van der Waals surface area contributed by atoms with Crippen LogP contribution in [0.4, 0.5) is 5.82 Å². The second kappa shape index (κ2) is 11.0. The lowest BCUT2D eigenvalue weighted by atomic mass is 10.2. The number of ether oxygens (including phenoxy) is 3. The second-order valence-electron chi connectivity index (χ2n) is 7.31. The SMILES string of the molecule is COc1cccc(Cn2cc(-c3cnc4ccc(NC(=S)NCC(OC)OC)nc4n3)cn2)c1. The van der Waals surface area contributed by atoms with Crippen LogP contribution >= 0.6 is 12.2 Å². The molecule has 0 aliphatic heterocycles. The predicted octanol–water partition coefficient (Wildman–Crippen LogP) is 2.85. The molecule has 0 saturated carbocycles. The number of benzene rings is 1. The largest absolute Gasteiger partial charge is 0.497 e. The molecule has 0 fully saturated rings. The van der Waals surface area contributed by atoms with Gasteiger partial charge in [-0.2, -0.15) is 5.10 Å². The van der Waals surface area contributed by atoms with E-state index in [0.29, 0.717) is 40.9 Å². The summed E-state index contributed by atoms with van der Waals surface area (Å²) in [5, 5.41) is 10.9. The highest BCUT2D eigenvalue weighted by molar-refractivity contribution is 7.80. The molecule has 0 aliphatic rings. The van der Waals surface area contributed by atoms with Crippen molar-refractivity contribution in [2.24, 2.45) is 0 Å². The number of thiocarbonyl (C=S) groups is 1. The fourth-order valence-corrected chi connectivity index (χ4v) is 3.43. The summed E-state index contributed by atoms with van der Waals surface area (Å²) in [6, 6.07) is 11.5. The average molecular weight is 480 g/mol. The summed E-state index contributed by atoms with van der Waals surface area (Å²) in [6.07, 6.45) is 5.01. The molecule has 0 radical (unpaired) electrons. The molecule has 10 nitrogen and oxygen atoms in total. The lowest BCUT2D eigenvalue weighted by Gasteiger charge is -2.15. The zero-order chi connectivity index (χ0) is 23.9. The van der Waals surface area contributed by atoms with Crippen molar-refractivity contribution >= 4 is 34.3 Å². The number of hydrogen-bond donors (Lipinski definition) is 2. The van der Waals surface area contributed by atoms with Gasteiger partial charge in [0.25, 0.3) is 0 Å². The quantitative estimate of drug-likeness (QED) is 0.275. The Morgan fingerprint density at radius 3 is 2.74 bits per heavy atom. The van der Waals surface area contributed by atoms with Crippen molar-refractivity contribution in [3.05, 3.63) is 60.6 Å². The Morgan fingerprint density at radius 2 is 1.94 bits per heavy atom. The van der Waals surface area contributed by atoms with E-state index in [4.69, 9.17) is 26.4 Å². The predicted molar refractivity (Wildman–Crippen MR) is 133 cm³/mol. The maximum Gasteiger partial charge on any atom is 0.180 e. The second-order valence-corrected chi connectivity index (χ2v) is 7.72. The molecule has 1 aromatic carbocycles. The highest BCUT2D eigenvalue weighted by atomic mass is 32.1. The molecule has 4 aromatic rings. The van der Waals surface area contributed by atoms with Gasteiger partial charge in [0.2, 0.25) is 0 Å². The molecule has 176 valence electrons. The van der Waals surface area contributed by atoms with E-state index in [9.17, 15) is 0 Å². The van der Waals surface area contributed by atoms with E-state index in [1.165, 1.54) is 0 Å². The smallest absolute Gasteiger partial charge is 0.180 e. The van der Waals surface area contributed by atoms with E-state index in [1.807, 2.05) is 41.2 Å². The summed E-state index contributed by atoms with van der Waals surface area (Å²) >= 11 is 5.32. The van der Waals surface area contributed by atoms with Crippen LogP contribution in [0.3, 0.4) is 0 Å². The number of aromatic nitrogens is 5. The molecule has 0 aliphatic carbocycles. The molecule has 0 unspecified atom stereocenters. The molecule has 3 heterocycles. The highest BCUT2D eigenvalue weighted by Crippen LogP contribution is 2.20. The zero-order valence-corrected chi connectivity index (χ0v) is 19.9. The van der Waals surface area contributed by atoms with Crippen molar-refractivity contribution < 1.29 is 14.2 Å². The monoisotopic (exact) mass is 479 g/mol. The number of nitrogens with zero attached hydrogens (tertiary/aromatic N) is 5. The number of pyridine rings is 1. The van der Waals surface area contributed by atoms with Crippen molar-refractivity contribution in [1.29, 1.82) is 0 Å². The average Bonchev–Trinajstić information content (AvgIpc) is 3.32. The van der Waals surface area contributed by atoms with Crippen LogP contribution in [0, 0.1) is 0 Å². The van der Waals surface area contributed by atoms with Crippen LogP contribution in [-0.2, 0) is 16.0 Å².